The molecule has 1 amide bonds. The van der Waals surface area contributed by atoms with E-state index in [1.807, 2.05) is 6.92 Å². The number of nitrogens with one attached hydrogen (secondary N) is 1. The molecule has 1 aromatic rings. The predicted octanol–water partition coefficient (Wildman–Crippen LogP) is 1.69. The van der Waals surface area contributed by atoms with Gasteiger partial charge in [0.15, 0.2) is 11.5 Å². The highest BCUT2D eigenvalue weighted by atomic mass is 19.3. The van der Waals surface area contributed by atoms with E-state index in [0.717, 1.165) is 5.56 Å². The van der Waals surface area contributed by atoms with Crippen molar-refractivity contribution < 1.29 is 23.0 Å². The molecule has 21 heavy (non-hydrogen) atoms. The molecule has 0 saturated heterocycles. The third-order valence-electron chi connectivity index (χ3n) is 2.93. The van der Waals surface area contributed by atoms with Gasteiger partial charge in [-0.2, -0.15) is 8.78 Å². The summed E-state index contributed by atoms with van der Waals surface area (Å²) in [6.07, 6.45) is 1.10. The van der Waals surface area contributed by atoms with Crippen molar-refractivity contribution in [2.45, 2.75) is 32.4 Å². The zero-order chi connectivity index (χ0) is 15.8. The Bertz CT molecular complexity index is 470. The van der Waals surface area contributed by atoms with Gasteiger partial charge in [0.25, 0.3) is 0 Å². The molecule has 3 N–H and O–H groups in total. The highest BCUT2D eigenvalue weighted by Crippen LogP contribution is 2.29. The summed E-state index contributed by atoms with van der Waals surface area (Å²) in [5.74, 6) is -0.000189. The van der Waals surface area contributed by atoms with Crippen LogP contribution in [0.3, 0.4) is 0 Å². The maximum atomic E-state index is 12.2. The van der Waals surface area contributed by atoms with Crippen LogP contribution in [0.2, 0.25) is 0 Å². The van der Waals surface area contributed by atoms with E-state index in [1.54, 1.807) is 12.1 Å². The van der Waals surface area contributed by atoms with Gasteiger partial charge in [0.2, 0.25) is 5.91 Å². The van der Waals surface area contributed by atoms with Crippen LogP contribution in [-0.4, -0.2) is 32.2 Å². The number of carbonyl (C=O) groups is 1. The standard InChI is InChI=1S/C14H20F2N2O3/c1-3-10(17)13(19)18-7-6-9-4-5-11(21-14(15)16)12(8-9)20-2/h4-5,8,10,14H,3,6-7,17H2,1-2H3,(H,18,19)/t10-/m1/s1. The number of amides is 1. The molecule has 0 aromatic heterocycles. The maximum absolute atomic E-state index is 12.2. The van der Waals surface area contributed by atoms with E-state index in [9.17, 15) is 13.6 Å². The molecule has 0 radical (unpaired) electrons. The van der Waals surface area contributed by atoms with Crippen molar-refractivity contribution >= 4 is 5.91 Å². The van der Waals surface area contributed by atoms with Crippen molar-refractivity contribution in [2.24, 2.45) is 5.73 Å². The molecule has 0 aliphatic carbocycles. The highest BCUT2D eigenvalue weighted by Gasteiger charge is 2.12. The summed E-state index contributed by atoms with van der Waals surface area (Å²) >= 11 is 0. The monoisotopic (exact) mass is 302 g/mol. The van der Waals surface area contributed by atoms with E-state index in [-0.39, 0.29) is 17.4 Å². The van der Waals surface area contributed by atoms with Gasteiger partial charge in [-0.05, 0) is 30.5 Å². The SMILES string of the molecule is CC[C@@H](N)C(=O)NCCc1ccc(OC(F)F)c(OC)c1. The molecular weight excluding hydrogens is 282 g/mol. The maximum Gasteiger partial charge on any atom is 0.387 e. The van der Waals surface area contributed by atoms with Crippen LogP contribution in [0.5, 0.6) is 11.5 Å². The number of ether oxygens (including phenoxy) is 2. The number of carbonyl (C=O) groups excluding carboxylic acids is 1. The first-order valence-electron chi connectivity index (χ1n) is 6.63. The van der Waals surface area contributed by atoms with Gasteiger partial charge in [-0.15, -0.1) is 0 Å². The molecule has 5 nitrogen and oxygen atoms in total. The van der Waals surface area contributed by atoms with Gasteiger partial charge in [-0.1, -0.05) is 13.0 Å². The third kappa shape index (κ3) is 5.55. The molecule has 1 rings (SSSR count). The first-order valence-corrected chi connectivity index (χ1v) is 6.63. The summed E-state index contributed by atoms with van der Waals surface area (Å²) in [6.45, 7) is -0.665. The van der Waals surface area contributed by atoms with E-state index in [0.29, 0.717) is 19.4 Å². The summed E-state index contributed by atoms with van der Waals surface area (Å²) in [4.78, 5) is 11.5. The summed E-state index contributed by atoms with van der Waals surface area (Å²) in [5.41, 5.74) is 6.42. The smallest absolute Gasteiger partial charge is 0.387 e. The van der Waals surface area contributed by atoms with Gasteiger partial charge in [0.05, 0.1) is 13.2 Å². The molecule has 0 aliphatic heterocycles. The lowest BCUT2D eigenvalue weighted by Crippen LogP contribution is -2.40. The molecule has 0 bridgehead atoms. The van der Waals surface area contributed by atoms with E-state index in [4.69, 9.17) is 10.5 Å². The number of halogens is 2. The minimum Gasteiger partial charge on any atom is -0.493 e. The van der Waals surface area contributed by atoms with E-state index in [1.165, 1.54) is 13.2 Å². The van der Waals surface area contributed by atoms with Gasteiger partial charge >= 0.3 is 6.61 Å². The zero-order valence-corrected chi connectivity index (χ0v) is 12.1. The van der Waals surface area contributed by atoms with Crippen LogP contribution in [0.15, 0.2) is 18.2 Å². The molecule has 0 fully saturated rings. The number of benzene rings is 1. The van der Waals surface area contributed by atoms with Crippen molar-refractivity contribution in [3.05, 3.63) is 23.8 Å². The molecule has 0 aliphatic rings. The van der Waals surface area contributed by atoms with Crippen molar-refractivity contribution in [3.63, 3.8) is 0 Å². The average Bonchev–Trinajstić information content (AvgIpc) is 2.47. The number of methoxy groups -OCH3 is 1. The Morgan fingerprint density at radius 3 is 2.67 bits per heavy atom. The zero-order valence-electron chi connectivity index (χ0n) is 12.1. The fourth-order valence-electron chi connectivity index (χ4n) is 1.71. The molecule has 0 unspecified atom stereocenters. The van der Waals surface area contributed by atoms with Gasteiger partial charge in [-0.3, -0.25) is 4.79 Å². The van der Waals surface area contributed by atoms with Crippen LogP contribution in [0.1, 0.15) is 18.9 Å². The second-order valence-electron chi connectivity index (χ2n) is 4.42. The van der Waals surface area contributed by atoms with Crippen LogP contribution in [0.4, 0.5) is 8.78 Å². The van der Waals surface area contributed by atoms with Gasteiger partial charge in [-0.25, -0.2) is 0 Å². The van der Waals surface area contributed by atoms with Crippen LogP contribution < -0.4 is 20.5 Å². The molecule has 0 heterocycles. The number of hydrogen-bond acceptors (Lipinski definition) is 4. The summed E-state index contributed by atoms with van der Waals surface area (Å²) in [5, 5.41) is 2.71. The van der Waals surface area contributed by atoms with Gasteiger partial charge in [0, 0.05) is 6.54 Å². The van der Waals surface area contributed by atoms with Crippen molar-refractivity contribution in [1.29, 1.82) is 0 Å². The van der Waals surface area contributed by atoms with Crippen molar-refractivity contribution in [2.75, 3.05) is 13.7 Å². The molecular formula is C14H20F2N2O3. The second kappa shape index (κ2) is 8.41. The molecule has 118 valence electrons. The van der Waals surface area contributed by atoms with Crippen LogP contribution in [-0.2, 0) is 11.2 Å². The Hall–Kier alpha value is -1.89. The summed E-state index contributed by atoms with van der Waals surface area (Å²) < 4.78 is 33.7. The topological polar surface area (TPSA) is 73.6 Å². The van der Waals surface area contributed by atoms with Gasteiger partial charge in [0.1, 0.15) is 0 Å². The summed E-state index contributed by atoms with van der Waals surface area (Å²) in [6, 6.07) is 4.15. The second-order valence-corrected chi connectivity index (χ2v) is 4.42. The Labute approximate surface area is 122 Å². The average molecular weight is 302 g/mol. The highest BCUT2D eigenvalue weighted by molar-refractivity contribution is 5.81. The number of rotatable bonds is 8. The number of alkyl halides is 2. The largest absolute Gasteiger partial charge is 0.493 e. The lowest BCUT2D eigenvalue weighted by molar-refractivity contribution is -0.122. The molecule has 0 saturated carbocycles. The predicted molar refractivity (Wildman–Crippen MR) is 74.6 cm³/mol. The van der Waals surface area contributed by atoms with Crippen LogP contribution in [0, 0.1) is 0 Å². The fraction of sp³-hybridized carbons (Fsp3) is 0.500. The lowest BCUT2D eigenvalue weighted by Gasteiger charge is -2.12. The Morgan fingerprint density at radius 2 is 2.10 bits per heavy atom. The van der Waals surface area contributed by atoms with Crippen molar-refractivity contribution in [3.8, 4) is 11.5 Å². The van der Waals surface area contributed by atoms with Gasteiger partial charge < -0.3 is 20.5 Å². The lowest BCUT2D eigenvalue weighted by atomic mass is 10.1. The molecule has 0 spiro atoms. The fourth-order valence-corrected chi connectivity index (χ4v) is 1.71. The first-order chi connectivity index (χ1) is 9.97. The van der Waals surface area contributed by atoms with E-state index < -0.39 is 12.7 Å². The van der Waals surface area contributed by atoms with E-state index >= 15 is 0 Å². The van der Waals surface area contributed by atoms with Crippen LogP contribution in [0.25, 0.3) is 0 Å². The quantitative estimate of drug-likeness (QED) is 0.766. The van der Waals surface area contributed by atoms with Crippen LogP contribution >= 0.6 is 0 Å². The molecule has 7 heteroatoms. The minimum atomic E-state index is -2.90. The minimum absolute atomic E-state index is 0.0201. The molecule has 1 atom stereocenters. The summed E-state index contributed by atoms with van der Waals surface area (Å²) in [7, 11) is 1.37. The Morgan fingerprint density at radius 1 is 1.38 bits per heavy atom. The normalized spacial score (nSPS) is 12.1. The van der Waals surface area contributed by atoms with Crippen molar-refractivity contribution in [1.82, 2.24) is 5.32 Å². The number of hydrogen-bond donors (Lipinski definition) is 2. The Kier molecular flexibility index (Phi) is 6.87. The third-order valence-corrected chi connectivity index (χ3v) is 2.93. The van der Waals surface area contributed by atoms with E-state index in [2.05, 4.69) is 10.1 Å². The Balaban J connectivity index is 2.58. The molecule has 1 aromatic carbocycles. The number of nitrogens with two attached hydrogens (primary N) is 1. The first kappa shape index (κ1) is 17.2.